The zero-order chi connectivity index (χ0) is 14.1. The van der Waals surface area contributed by atoms with E-state index in [1.54, 1.807) is 6.20 Å². The molecule has 0 bridgehead atoms. The van der Waals surface area contributed by atoms with Gasteiger partial charge in [-0.15, -0.1) is 0 Å². The molecule has 2 aromatic heterocycles. The number of benzene rings is 1. The van der Waals surface area contributed by atoms with Crippen LogP contribution in [0.15, 0.2) is 30.5 Å². The van der Waals surface area contributed by atoms with Gasteiger partial charge in [0.25, 0.3) is 0 Å². The zero-order valence-electron chi connectivity index (χ0n) is 11.5. The van der Waals surface area contributed by atoms with Crippen LogP contribution in [0.3, 0.4) is 0 Å². The lowest BCUT2D eigenvalue weighted by Gasteiger charge is -2.06. The van der Waals surface area contributed by atoms with E-state index in [1.165, 1.54) is 0 Å². The lowest BCUT2D eigenvalue weighted by molar-refractivity contribution is 0.886. The predicted molar refractivity (Wildman–Crippen MR) is 78.7 cm³/mol. The summed E-state index contributed by atoms with van der Waals surface area (Å²) >= 11 is 0. The average Bonchev–Trinajstić information content (AvgIpc) is 2.74. The van der Waals surface area contributed by atoms with Crippen LogP contribution in [0, 0.1) is 6.92 Å². The number of rotatable bonds is 3. The van der Waals surface area contributed by atoms with Gasteiger partial charge in [-0.3, -0.25) is 0 Å². The number of fused-ring (bicyclic) bond motifs is 1. The van der Waals surface area contributed by atoms with Crippen molar-refractivity contribution in [2.24, 2.45) is 12.8 Å². The van der Waals surface area contributed by atoms with Crippen LogP contribution in [0.1, 0.15) is 11.6 Å². The molecule has 6 heteroatoms. The van der Waals surface area contributed by atoms with Crippen LogP contribution in [-0.2, 0) is 13.6 Å². The van der Waals surface area contributed by atoms with Crippen LogP contribution in [0.2, 0.25) is 0 Å². The zero-order valence-corrected chi connectivity index (χ0v) is 11.5. The molecule has 102 valence electrons. The number of nitrogens with two attached hydrogens (primary N) is 1. The number of hydrogen-bond donors (Lipinski definition) is 2. The summed E-state index contributed by atoms with van der Waals surface area (Å²) in [5.74, 6) is 2.34. The van der Waals surface area contributed by atoms with Crippen molar-refractivity contribution in [3.8, 4) is 0 Å². The molecule has 0 fully saturated rings. The molecule has 20 heavy (non-hydrogen) atoms. The summed E-state index contributed by atoms with van der Waals surface area (Å²) in [5.41, 5.74) is 8.55. The Labute approximate surface area is 116 Å². The Kier molecular flexibility index (Phi) is 3.08. The molecule has 6 nitrogen and oxygen atoms in total. The largest absolute Gasteiger partial charge is 0.340 e. The van der Waals surface area contributed by atoms with Crippen LogP contribution in [0.5, 0.6) is 0 Å². The summed E-state index contributed by atoms with van der Waals surface area (Å²) in [5, 5.41) is 3.24. The molecule has 0 amide bonds. The van der Waals surface area contributed by atoms with Crippen molar-refractivity contribution in [1.29, 1.82) is 0 Å². The summed E-state index contributed by atoms with van der Waals surface area (Å²) in [6.45, 7) is 2.32. The van der Waals surface area contributed by atoms with Crippen molar-refractivity contribution in [1.82, 2.24) is 19.5 Å². The number of aromatic nitrogens is 4. The molecular formula is C14H16N6. The van der Waals surface area contributed by atoms with Gasteiger partial charge in [-0.05, 0) is 31.2 Å². The minimum Gasteiger partial charge on any atom is -0.340 e. The number of anilines is 2. The number of hydrogen-bond acceptors (Lipinski definition) is 5. The summed E-state index contributed by atoms with van der Waals surface area (Å²) in [6, 6.07) is 7.87. The molecule has 3 aromatic rings. The second kappa shape index (κ2) is 4.90. The minimum absolute atomic E-state index is 0.327. The molecule has 1 aromatic carbocycles. The van der Waals surface area contributed by atoms with Crippen LogP contribution in [0.25, 0.3) is 11.0 Å². The first-order valence-corrected chi connectivity index (χ1v) is 6.39. The highest BCUT2D eigenvalue weighted by Crippen LogP contribution is 2.21. The molecule has 0 aliphatic rings. The van der Waals surface area contributed by atoms with Gasteiger partial charge in [0, 0.05) is 18.9 Å². The quantitative estimate of drug-likeness (QED) is 0.758. The Balaban J connectivity index is 1.94. The van der Waals surface area contributed by atoms with Gasteiger partial charge < -0.3 is 15.6 Å². The number of nitrogens with zero attached hydrogens (tertiary/aromatic N) is 4. The van der Waals surface area contributed by atoms with Gasteiger partial charge >= 0.3 is 0 Å². The normalized spacial score (nSPS) is 10.9. The van der Waals surface area contributed by atoms with E-state index in [0.717, 1.165) is 28.4 Å². The van der Waals surface area contributed by atoms with Crippen LogP contribution < -0.4 is 11.1 Å². The number of aryl methyl sites for hydroxylation is 2. The molecule has 0 aliphatic heterocycles. The first-order chi connectivity index (χ1) is 9.67. The van der Waals surface area contributed by atoms with Gasteiger partial charge in [-0.25, -0.2) is 15.0 Å². The monoisotopic (exact) mass is 268 g/mol. The SMILES string of the molecule is Cc1nc2cc(Nc3ccnc(CN)n3)ccc2n1C. The van der Waals surface area contributed by atoms with Crippen molar-refractivity contribution in [3.63, 3.8) is 0 Å². The van der Waals surface area contributed by atoms with Gasteiger partial charge in [-0.2, -0.15) is 0 Å². The van der Waals surface area contributed by atoms with Crippen LogP contribution >= 0.6 is 0 Å². The van der Waals surface area contributed by atoms with E-state index >= 15 is 0 Å². The highest BCUT2D eigenvalue weighted by Gasteiger charge is 2.05. The second-order valence-electron chi connectivity index (χ2n) is 4.61. The van der Waals surface area contributed by atoms with E-state index in [1.807, 2.05) is 38.2 Å². The number of nitrogens with one attached hydrogen (secondary N) is 1. The lowest BCUT2D eigenvalue weighted by Crippen LogP contribution is -2.04. The molecule has 0 atom stereocenters. The maximum atomic E-state index is 5.54. The van der Waals surface area contributed by atoms with Crippen molar-refractivity contribution in [2.75, 3.05) is 5.32 Å². The standard InChI is InChI=1S/C14H16N6/c1-9-17-11-7-10(3-4-12(11)20(9)2)18-13-5-6-16-14(8-15)19-13/h3-7H,8,15H2,1-2H3,(H,16,18,19). The Hall–Kier alpha value is -2.47. The van der Waals surface area contributed by atoms with E-state index in [9.17, 15) is 0 Å². The van der Waals surface area contributed by atoms with Crippen LogP contribution in [-0.4, -0.2) is 19.5 Å². The first kappa shape index (κ1) is 12.6. The van der Waals surface area contributed by atoms with Crippen molar-refractivity contribution < 1.29 is 0 Å². The highest BCUT2D eigenvalue weighted by molar-refractivity contribution is 5.81. The smallest absolute Gasteiger partial charge is 0.144 e. The van der Waals surface area contributed by atoms with Gasteiger partial charge in [0.15, 0.2) is 0 Å². The Morgan fingerprint density at radius 3 is 2.90 bits per heavy atom. The molecular weight excluding hydrogens is 252 g/mol. The molecule has 2 heterocycles. The molecule has 0 saturated heterocycles. The molecule has 0 spiro atoms. The lowest BCUT2D eigenvalue weighted by atomic mass is 10.2. The third-order valence-corrected chi connectivity index (χ3v) is 3.26. The van der Waals surface area contributed by atoms with Gasteiger partial charge in [-0.1, -0.05) is 0 Å². The van der Waals surface area contributed by atoms with E-state index in [4.69, 9.17) is 5.73 Å². The molecule has 3 rings (SSSR count). The van der Waals surface area contributed by atoms with Crippen molar-refractivity contribution in [2.45, 2.75) is 13.5 Å². The topological polar surface area (TPSA) is 81.7 Å². The first-order valence-electron chi connectivity index (χ1n) is 6.39. The third kappa shape index (κ3) is 2.21. The van der Waals surface area contributed by atoms with E-state index in [0.29, 0.717) is 12.4 Å². The maximum Gasteiger partial charge on any atom is 0.144 e. The van der Waals surface area contributed by atoms with Crippen LogP contribution in [0.4, 0.5) is 11.5 Å². The van der Waals surface area contributed by atoms with Gasteiger partial charge in [0.2, 0.25) is 0 Å². The Morgan fingerprint density at radius 1 is 1.25 bits per heavy atom. The Morgan fingerprint density at radius 2 is 2.10 bits per heavy atom. The van der Waals surface area contributed by atoms with Crippen molar-refractivity contribution in [3.05, 3.63) is 42.1 Å². The summed E-state index contributed by atoms with van der Waals surface area (Å²) in [4.78, 5) is 12.9. The summed E-state index contributed by atoms with van der Waals surface area (Å²) < 4.78 is 2.07. The average molecular weight is 268 g/mol. The fraction of sp³-hybridized carbons (Fsp3) is 0.214. The highest BCUT2D eigenvalue weighted by atomic mass is 15.1. The fourth-order valence-corrected chi connectivity index (χ4v) is 2.11. The Bertz CT molecular complexity index is 761. The maximum absolute atomic E-state index is 5.54. The predicted octanol–water partition coefficient (Wildman–Crippen LogP) is 1.87. The molecule has 0 saturated carbocycles. The second-order valence-corrected chi connectivity index (χ2v) is 4.61. The minimum atomic E-state index is 0.327. The van der Waals surface area contributed by atoms with E-state index < -0.39 is 0 Å². The van der Waals surface area contributed by atoms with E-state index in [2.05, 4.69) is 24.8 Å². The van der Waals surface area contributed by atoms with Gasteiger partial charge in [0.05, 0.1) is 17.6 Å². The fourth-order valence-electron chi connectivity index (χ4n) is 2.11. The third-order valence-electron chi connectivity index (χ3n) is 3.26. The number of imidazole rings is 1. The molecule has 0 radical (unpaired) electrons. The molecule has 3 N–H and O–H groups in total. The molecule has 0 unspecified atom stereocenters. The summed E-state index contributed by atoms with van der Waals surface area (Å²) in [6.07, 6.45) is 1.70. The van der Waals surface area contributed by atoms with E-state index in [-0.39, 0.29) is 0 Å². The summed E-state index contributed by atoms with van der Waals surface area (Å²) in [7, 11) is 2.01. The molecule has 0 aliphatic carbocycles. The van der Waals surface area contributed by atoms with Gasteiger partial charge in [0.1, 0.15) is 17.5 Å². The van der Waals surface area contributed by atoms with Crippen molar-refractivity contribution >= 4 is 22.5 Å².